The van der Waals surface area contributed by atoms with E-state index in [9.17, 15) is 19.1 Å². The average molecular weight is 303 g/mol. The Bertz CT molecular complexity index is 918. The molecule has 0 aromatic heterocycles. The fourth-order valence-corrected chi connectivity index (χ4v) is 2.18. The Morgan fingerprint density at radius 1 is 1.32 bits per heavy atom. The molecule has 0 spiro atoms. The van der Waals surface area contributed by atoms with Gasteiger partial charge < -0.3 is 14.6 Å². The molecule has 0 saturated carbocycles. The van der Waals surface area contributed by atoms with Gasteiger partial charge in [-0.15, -0.1) is 0 Å². The van der Waals surface area contributed by atoms with E-state index in [0.717, 1.165) is 0 Å². The fraction of sp³-hybridized carbons (Fsp3) is 0.133. The summed E-state index contributed by atoms with van der Waals surface area (Å²) >= 11 is 0. The fourth-order valence-electron chi connectivity index (χ4n) is 2.18. The minimum absolute atomic E-state index is 0.0345. The predicted octanol–water partition coefficient (Wildman–Crippen LogP) is 2.15. The lowest BCUT2D eigenvalue weighted by Crippen LogP contribution is -2.02. The number of phenolic OH excluding ortho intramolecular Hbond substituents is 1. The number of carboxylic acids is 1. The zero-order valence-corrected chi connectivity index (χ0v) is 11.2. The average Bonchev–Trinajstić information content (AvgIpc) is 2.48. The number of carboxylic acid groups (broad SMARTS) is 1. The van der Waals surface area contributed by atoms with Crippen molar-refractivity contribution in [3.8, 4) is 17.2 Å². The van der Waals surface area contributed by atoms with E-state index in [-0.39, 0.29) is 40.7 Å². The number of aromatic hydroxyl groups is 1. The van der Waals surface area contributed by atoms with Crippen molar-refractivity contribution in [2.24, 2.45) is 0 Å². The molecule has 1 aliphatic heterocycles. The molecule has 0 amide bonds. The molecule has 22 heavy (non-hydrogen) atoms. The molecule has 6 nitrogen and oxygen atoms in total. The van der Waals surface area contributed by atoms with Crippen molar-refractivity contribution in [2.75, 3.05) is 0 Å². The number of hydrogen-bond donors (Lipinski definition) is 2. The monoisotopic (exact) mass is 303 g/mol. The van der Waals surface area contributed by atoms with Gasteiger partial charge in [-0.1, -0.05) is 0 Å². The smallest absolute Gasteiger partial charge is 0.303 e. The van der Waals surface area contributed by atoms with Crippen molar-refractivity contribution in [3.05, 3.63) is 45.9 Å². The van der Waals surface area contributed by atoms with Gasteiger partial charge in [0.15, 0.2) is 22.5 Å². The van der Waals surface area contributed by atoms with Crippen LogP contribution in [0.1, 0.15) is 12.0 Å². The Kier molecular flexibility index (Phi) is 3.25. The standard InChI is InChI=1S/C15H10FNO5/c16-13-14(21)7(1-4-12(19)20)5-10-15(13)22-11-6-8(18)2-3-9(11)17-10/h2-3,5-6,21H,1,4H2,(H,19,20). The number of hydrogen-bond acceptors (Lipinski definition) is 5. The number of rotatable bonds is 3. The summed E-state index contributed by atoms with van der Waals surface area (Å²) in [5, 5.41) is 18.5. The molecule has 0 unspecified atom stereocenters. The first-order valence-corrected chi connectivity index (χ1v) is 6.42. The van der Waals surface area contributed by atoms with Crippen LogP contribution in [0.25, 0.3) is 22.6 Å². The molecule has 1 aliphatic carbocycles. The van der Waals surface area contributed by atoms with Crippen LogP contribution >= 0.6 is 0 Å². The van der Waals surface area contributed by atoms with Crippen LogP contribution in [0.3, 0.4) is 0 Å². The zero-order valence-electron chi connectivity index (χ0n) is 11.2. The molecular weight excluding hydrogens is 293 g/mol. The van der Waals surface area contributed by atoms with Crippen LogP contribution in [0.2, 0.25) is 0 Å². The molecule has 7 heteroatoms. The molecule has 1 heterocycles. The summed E-state index contributed by atoms with van der Waals surface area (Å²) in [6.45, 7) is 0. The highest BCUT2D eigenvalue weighted by Crippen LogP contribution is 2.33. The minimum atomic E-state index is -1.06. The minimum Gasteiger partial charge on any atom is -0.505 e. The van der Waals surface area contributed by atoms with Crippen LogP contribution in [0, 0.1) is 5.82 Å². The van der Waals surface area contributed by atoms with E-state index < -0.39 is 17.5 Å². The third kappa shape index (κ3) is 2.37. The number of benzene rings is 2. The van der Waals surface area contributed by atoms with Crippen LogP contribution in [-0.2, 0) is 11.2 Å². The molecule has 1 aromatic carbocycles. The number of fused-ring (bicyclic) bond motifs is 2. The summed E-state index contributed by atoms with van der Waals surface area (Å²) in [5.41, 5.74) is 0.0490. The maximum atomic E-state index is 14.2. The maximum absolute atomic E-state index is 14.2. The lowest BCUT2D eigenvalue weighted by atomic mass is 10.1. The zero-order chi connectivity index (χ0) is 15.9. The van der Waals surface area contributed by atoms with Crippen molar-refractivity contribution >= 4 is 17.1 Å². The lowest BCUT2D eigenvalue weighted by Gasteiger charge is -2.10. The summed E-state index contributed by atoms with van der Waals surface area (Å²) in [6, 6.07) is 5.31. The topological polar surface area (TPSA) is 101 Å². The molecular formula is C15H10FNO5. The molecule has 0 saturated heterocycles. The number of phenols is 1. The second-order valence-electron chi connectivity index (χ2n) is 4.78. The second kappa shape index (κ2) is 5.10. The van der Waals surface area contributed by atoms with Gasteiger partial charge in [-0.05, 0) is 30.2 Å². The number of nitrogens with zero attached hydrogens (tertiary/aromatic N) is 1. The predicted molar refractivity (Wildman–Crippen MR) is 74.5 cm³/mol. The summed E-state index contributed by atoms with van der Waals surface area (Å²) in [7, 11) is 0. The maximum Gasteiger partial charge on any atom is 0.303 e. The van der Waals surface area contributed by atoms with Crippen LogP contribution in [0.15, 0.2) is 33.5 Å². The van der Waals surface area contributed by atoms with Crippen molar-refractivity contribution in [1.82, 2.24) is 4.98 Å². The first kappa shape index (κ1) is 14.0. The number of aryl methyl sites for hydroxylation is 1. The highest BCUT2D eigenvalue weighted by molar-refractivity contribution is 5.80. The molecule has 0 atom stereocenters. The molecule has 0 fully saturated rings. The van der Waals surface area contributed by atoms with Crippen LogP contribution in [0.5, 0.6) is 5.75 Å². The Morgan fingerprint density at radius 2 is 2.09 bits per heavy atom. The van der Waals surface area contributed by atoms with E-state index in [2.05, 4.69) is 4.98 Å². The molecule has 0 radical (unpaired) electrons. The van der Waals surface area contributed by atoms with Gasteiger partial charge in [0, 0.05) is 12.5 Å². The van der Waals surface area contributed by atoms with Crippen LogP contribution < -0.4 is 5.43 Å². The lowest BCUT2D eigenvalue weighted by molar-refractivity contribution is -0.136. The van der Waals surface area contributed by atoms with Crippen molar-refractivity contribution in [3.63, 3.8) is 0 Å². The first-order valence-electron chi connectivity index (χ1n) is 6.42. The molecule has 0 bridgehead atoms. The highest BCUT2D eigenvalue weighted by Gasteiger charge is 2.19. The van der Waals surface area contributed by atoms with E-state index in [0.29, 0.717) is 5.69 Å². The number of aliphatic carboxylic acids is 1. The summed E-state index contributed by atoms with van der Waals surface area (Å²) in [4.78, 5) is 26.1. The van der Waals surface area contributed by atoms with Crippen LogP contribution in [0.4, 0.5) is 4.39 Å². The van der Waals surface area contributed by atoms with Gasteiger partial charge in [0.05, 0.1) is 0 Å². The van der Waals surface area contributed by atoms with Gasteiger partial charge in [-0.3, -0.25) is 9.59 Å². The molecule has 3 rings (SSSR count). The second-order valence-corrected chi connectivity index (χ2v) is 4.78. The van der Waals surface area contributed by atoms with Gasteiger partial charge in [0.25, 0.3) is 0 Å². The molecule has 2 N–H and O–H groups in total. The Hall–Kier alpha value is -2.96. The SMILES string of the molecule is O=C(O)CCc1cc2nc3ccc(=O)cc-3oc2c(F)c1O. The van der Waals surface area contributed by atoms with E-state index in [1.807, 2.05) is 0 Å². The Labute approximate surface area is 122 Å². The van der Waals surface area contributed by atoms with E-state index in [1.54, 1.807) is 0 Å². The van der Waals surface area contributed by atoms with Crippen molar-refractivity contribution < 1.29 is 23.8 Å². The van der Waals surface area contributed by atoms with E-state index >= 15 is 0 Å². The van der Waals surface area contributed by atoms with E-state index in [4.69, 9.17) is 9.52 Å². The van der Waals surface area contributed by atoms with Gasteiger partial charge in [0.1, 0.15) is 11.2 Å². The number of halogens is 1. The third-order valence-corrected chi connectivity index (χ3v) is 3.25. The third-order valence-electron chi connectivity index (χ3n) is 3.25. The molecule has 1 aromatic rings. The van der Waals surface area contributed by atoms with E-state index in [1.165, 1.54) is 24.3 Å². The largest absolute Gasteiger partial charge is 0.505 e. The summed E-state index contributed by atoms with van der Waals surface area (Å²) < 4.78 is 19.5. The summed E-state index contributed by atoms with van der Waals surface area (Å²) in [6.07, 6.45) is -0.282. The van der Waals surface area contributed by atoms with Gasteiger partial charge in [-0.2, -0.15) is 4.39 Å². The summed E-state index contributed by atoms with van der Waals surface area (Å²) in [5.74, 6) is -2.64. The first-order chi connectivity index (χ1) is 10.5. The van der Waals surface area contributed by atoms with Crippen LogP contribution in [-0.4, -0.2) is 21.2 Å². The molecule has 112 valence electrons. The van der Waals surface area contributed by atoms with Crippen molar-refractivity contribution in [2.45, 2.75) is 12.8 Å². The quantitative estimate of drug-likeness (QED) is 0.719. The van der Waals surface area contributed by atoms with Gasteiger partial charge in [0.2, 0.25) is 5.82 Å². The number of aromatic nitrogens is 1. The van der Waals surface area contributed by atoms with Crippen molar-refractivity contribution in [1.29, 1.82) is 0 Å². The van der Waals surface area contributed by atoms with Gasteiger partial charge >= 0.3 is 5.97 Å². The normalized spacial score (nSPS) is 11.1. The Morgan fingerprint density at radius 3 is 2.82 bits per heavy atom. The Balaban J connectivity index is 2.23. The number of carbonyl (C=O) groups is 1. The molecule has 2 aliphatic rings. The van der Waals surface area contributed by atoms with Gasteiger partial charge in [-0.25, -0.2) is 4.98 Å². The highest BCUT2D eigenvalue weighted by atomic mass is 19.1.